The van der Waals surface area contributed by atoms with Gasteiger partial charge in [-0.1, -0.05) is 195 Å². The number of aromatic nitrogens is 4. The first-order valence-corrected chi connectivity index (χ1v) is 38.2. The molecule has 0 spiro atoms. The minimum absolute atomic E-state index is 0.969. The molecule has 4 nitrogen and oxygen atoms in total. The zero-order valence-electron chi connectivity index (χ0n) is 60.9. The average Bonchev–Trinajstić information content (AvgIpc) is 1.60. The predicted molar refractivity (Wildman–Crippen MR) is 457 cm³/mol. The smallest absolute Gasteiger partial charge is 0.0541 e. The van der Waals surface area contributed by atoms with Crippen LogP contribution in [0, 0.1) is 13.8 Å². The Morgan fingerprint density at radius 1 is 0.204 bits per heavy atom. The first-order valence-electron chi connectivity index (χ1n) is 38.2. The highest BCUT2D eigenvalue weighted by molar-refractivity contribution is 6.15. The van der Waals surface area contributed by atoms with Gasteiger partial charge in [0.2, 0.25) is 0 Å². The fourth-order valence-corrected chi connectivity index (χ4v) is 18.0. The van der Waals surface area contributed by atoms with Crippen LogP contribution in [0.25, 0.3) is 177 Å². The van der Waals surface area contributed by atoms with Crippen molar-refractivity contribution in [2.24, 2.45) is 0 Å². The van der Waals surface area contributed by atoms with Crippen molar-refractivity contribution in [3.8, 4) is 89.5 Å². The Hall–Kier alpha value is -13.3. The quantitative estimate of drug-likeness (QED) is 0.130. The van der Waals surface area contributed by atoms with Crippen molar-refractivity contribution < 1.29 is 0 Å². The van der Waals surface area contributed by atoms with Crippen molar-refractivity contribution in [3.63, 3.8) is 0 Å². The molecule has 0 atom stereocenters. The van der Waals surface area contributed by atoms with Crippen molar-refractivity contribution in [2.75, 3.05) is 0 Å². The second-order valence-corrected chi connectivity index (χ2v) is 29.9. The number of nitrogens with zero attached hydrogens (tertiary/aromatic N) is 4. The second kappa shape index (κ2) is 25.2. The molecule has 4 heteroatoms. The Kier molecular flexibility index (Phi) is 14.8. The highest BCUT2D eigenvalue weighted by atomic mass is 15.0. The van der Waals surface area contributed by atoms with E-state index in [2.05, 4.69) is 386 Å². The monoisotopic (exact) mass is 1380 g/mol. The molecule has 16 aromatic carbocycles. The molecule has 0 N–H and O–H groups in total. The van der Waals surface area contributed by atoms with Crippen molar-refractivity contribution in [2.45, 2.75) is 53.4 Å². The Labute approximate surface area is 628 Å². The molecule has 0 bridgehead atoms. The summed E-state index contributed by atoms with van der Waals surface area (Å²) in [6, 6.07) is 127. The fraction of sp³-hybridized carbons (Fsp3) is 0.0769. The van der Waals surface area contributed by atoms with E-state index in [1.807, 2.05) is 0 Å². The molecule has 0 radical (unpaired) electrons. The van der Waals surface area contributed by atoms with Gasteiger partial charge in [0, 0.05) is 65.8 Å². The molecule has 108 heavy (non-hydrogen) atoms. The van der Waals surface area contributed by atoms with E-state index >= 15 is 0 Å². The summed E-state index contributed by atoms with van der Waals surface area (Å²) in [5.41, 5.74) is 41.0. The number of hydrogen-bond acceptors (Lipinski definition) is 0. The number of hydrogen-bond donors (Lipinski definition) is 0. The number of aryl methyl sites for hydroxylation is 4. The Balaban J connectivity index is 0.000000138. The minimum atomic E-state index is 0.969. The van der Waals surface area contributed by atoms with Crippen LogP contribution in [-0.4, -0.2) is 18.3 Å². The molecule has 0 fully saturated rings. The Morgan fingerprint density at radius 3 is 0.676 bits per heavy atom. The van der Waals surface area contributed by atoms with E-state index < -0.39 is 0 Å². The third-order valence-corrected chi connectivity index (χ3v) is 23.5. The summed E-state index contributed by atoms with van der Waals surface area (Å²) in [5, 5.41) is 10.4. The summed E-state index contributed by atoms with van der Waals surface area (Å²) < 4.78 is 9.61. The van der Waals surface area contributed by atoms with Gasteiger partial charge in [-0.15, -0.1) is 0 Å². The lowest BCUT2D eigenvalue weighted by molar-refractivity contribution is 1.14. The van der Waals surface area contributed by atoms with Gasteiger partial charge >= 0.3 is 0 Å². The molecule has 4 aromatic heterocycles. The van der Waals surface area contributed by atoms with Crippen LogP contribution in [0.4, 0.5) is 0 Å². The summed E-state index contributed by atoms with van der Waals surface area (Å²) >= 11 is 0. The van der Waals surface area contributed by atoms with E-state index in [0.717, 1.165) is 25.7 Å². The SMILES string of the molecule is CCc1ccc2c(c1)c1cc(-c3ccc4c(c3)-c3cc(-c5ccc6c(c5)c5cc(CC)ccc5n6-c5ccccc5)ccc3C4)ccc1n2-c1ccccc1.Cc1ccc2c(c1)c1cc(-c3ccc4c(c3)-c3cc(-c5ccc6c(c5)c5cc(C)ccc5n6-c5ccccc5)ccc3C4)ccc1n2-c1ccccc1. The van der Waals surface area contributed by atoms with Gasteiger partial charge in [0.25, 0.3) is 0 Å². The van der Waals surface area contributed by atoms with Crippen molar-refractivity contribution in [1.82, 2.24) is 18.3 Å². The first kappa shape index (κ1) is 63.2. The standard InChI is InChI=1S/C53H40N2.C51H36N2/c1-3-34-15-23-50-46(27-34)48-32-38(21-25-52(48)54(50)42-11-7-5-8-12-42)36-17-19-40-29-41-20-18-37(31-45(41)44(40)30-36)39-22-26-53-49(33-39)47-28-35(4-2)16-24-51(47)55(53)43-13-9-6-10-14-43;1-32-13-21-48-44(25-32)46-30-36(19-23-50(46)52(48)40-9-5-3-6-10-40)34-15-17-38-27-39-18-16-35(29-43(39)42(38)28-34)37-20-24-51-47(31-37)45-26-33(2)14-22-49(45)53(51)41-11-7-4-8-12-41/h5-28,30-33H,3-4,29H2,1-2H3;3-26,28-31H,27H2,1-2H3. The predicted octanol–water partition coefficient (Wildman–Crippen LogP) is 27.3. The number of fused-ring (bicyclic) bond motifs is 18. The highest BCUT2D eigenvalue weighted by Gasteiger charge is 2.25. The van der Waals surface area contributed by atoms with E-state index in [-0.39, 0.29) is 0 Å². The fourth-order valence-electron chi connectivity index (χ4n) is 18.0. The topological polar surface area (TPSA) is 19.7 Å². The largest absolute Gasteiger partial charge is 0.309 e. The maximum absolute atomic E-state index is 2.43. The van der Waals surface area contributed by atoms with Gasteiger partial charge in [-0.2, -0.15) is 0 Å². The number of benzene rings is 16. The van der Waals surface area contributed by atoms with Gasteiger partial charge in [0.1, 0.15) is 0 Å². The molecule has 2 aliphatic carbocycles. The third kappa shape index (κ3) is 10.3. The lowest BCUT2D eigenvalue weighted by Gasteiger charge is -2.10. The molecule has 0 saturated carbocycles. The average molecular weight is 1380 g/mol. The molecule has 0 amide bonds. The molecule has 512 valence electrons. The van der Waals surface area contributed by atoms with Gasteiger partial charge in [0.15, 0.2) is 0 Å². The summed E-state index contributed by atoms with van der Waals surface area (Å²) in [5.74, 6) is 0. The van der Waals surface area contributed by atoms with Crippen LogP contribution in [0.3, 0.4) is 0 Å². The van der Waals surface area contributed by atoms with E-state index in [9.17, 15) is 0 Å². The normalized spacial score (nSPS) is 12.3. The molecular weight excluding hydrogens is 1310 g/mol. The van der Waals surface area contributed by atoms with Gasteiger partial charge in [0.05, 0.1) is 44.1 Å². The summed E-state index contributed by atoms with van der Waals surface area (Å²) in [4.78, 5) is 0. The van der Waals surface area contributed by atoms with Crippen LogP contribution < -0.4 is 0 Å². The summed E-state index contributed by atoms with van der Waals surface area (Å²) in [6.45, 7) is 8.84. The Morgan fingerprint density at radius 2 is 0.417 bits per heavy atom. The number of rotatable bonds is 10. The maximum Gasteiger partial charge on any atom is 0.0541 e. The van der Waals surface area contributed by atoms with Gasteiger partial charge in [-0.3, -0.25) is 0 Å². The van der Waals surface area contributed by atoms with Crippen LogP contribution in [0.15, 0.2) is 340 Å². The van der Waals surface area contributed by atoms with Gasteiger partial charge in [-0.25, -0.2) is 0 Å². The van der Waals surface area contributed by atoms with Gasteiger partial charge < -0.3 is 18.3 Å². The second-order valence-electron chi connectivity index (χ2n) is 29.9. The van der Waals surface area contributed by atoms with Gasteiger partial charge in [-0.05, 0) is 310 Å². The lowest BCUT2D eigenvalue weighted by Crippen LogP contribution is -1.93. The lowest BCUT2D eigenvalue weighted by atomic mass is 9.95. The third-order valence-electron chi connectivity index (χ3n) is 23.5. The molecule has 0 aliphatic heterocycles. The maximum atomic E-state index is 2.43. The highest BCUT2D eigenvalue weighted by Crippen LogP contribution is 2.47. The van der Waals surface area contributed by atoms with Crippen LogP contribution >= 0.6 is 0 Å². The first-order chi connectivity index (χ1) is 53.2. The molecule has 0 unspecified atom stereocenters. The van der Waals surface area contributed by atoms with E-state index in [0.29, 0.717) is 0 Å². The van der Waals surface area contributed by atoms with E-state index in [4.69, 9.17) is 0 Å². The van der Waals surface area contributed by atoms with E-state index in [1.54, 1.807) is 0 Å². The van der Waals surface area contributed by atoms with Crippen molar-refractivity contribution >= 4 is 87.2 Å². The van der Waals surface area contributed by atoms with Crippen LogP contribution in [-0.2, 0) is 25.7 Å². The molecule has 0 saturated heterocycles. The minimum Gasteiger partial charge on any atom is -0.309 e. The zero-order valence-corrected chi connectivity index (χ0v) is 60.9. The molecule has 4 heterocycles. The Bertz CT molecular complexity index is 6640. The molecule has 2 aliphatic rings. The summed E-state index contributed by atoms with van der Waals surface area (Å²) in [6.07, 6.45) is 3.98. The van der Waals surface area contributed by atoms with Crippen LogP contribution in [0.5, 0.6) is 0 Å². The van der Waals surface area contributed by atoms with Crippen molar-refractivity contribution in [1.29, 1.82) is 0 Å². The molecule has 20 aromatic rings. The van der Waals surface area contributed by atoms with Crippen LogP contribution in [0.2, 0.25) is 0 Å². The summed E-state index contributed by atoms with van der Waals surface area (Å²) in [7, 11) is 0. The molecular formula is C104H76N4. The van der Waals surface area contributed by atoms with Crippen molar-refractivity contribution in [3.05, 3.63) is 384 Å². The molecule has 22 rings (SSSR count). The van der Waals surface area contributed by atoms with E-state index in [1.165, 1.54) is 221 Å². The number of para-hydroxylation sites is 4. The zero-order chi connectivity index (χ0) is 71.8. The van der Waals surface area contributed by atoms with Crippen LogP contribution in [0.1, 0.15) is 58.4 Å².